The van der Waals surface area contributed by atoms with E-state index in [2.05, 4.69) is 10.1 Å². The van der Waals surface area contributed by atoms with Crippen LogP contribution in [0.2, 0.25) is 0 Å². The van der Waals surface area contributed by atoms with E-state index in [4.69, 9.17) is 9.47 Å². The van der Waals surface area contributed by atoms with Crippen molar-refractivity contribution in [1.82, 2.24) is 14.3 Å². The van der Waals surface area contributed by atoms with E-state index in [1.54, 1.807) is 30.7 Å². The highest BCUT2D eigenvalue weighted by Crippen LogP contribution is 2.31. The fourth-order valence-corrected chi connectivity index (χ4v) is 4.81. The lowest BCUT2D eigenvalue weighted by molar-refractivity contribution is -0.136. The molecular formula is C23H24N4O4S. The first-order valence-electron chi connectivity index (χ1n) is 10.2. The van der Waals surface area contributed by atoms with Gasteiger partial charge in [-0.05, 0) is 44.5 Å². The number of thiazole rings is 1. The third kappa shape index (κ3) is 3.69. The van der Waals surface area contributed by atoms with Crippen molar-refractivity contribution in [2.24, 2.45) is 4.99 Å². The smallest absolute Gasteiger partial charge is 0.338 e. The van der Waals surface area contributed by atoms with Crippen LogP contribution in [0.5, 0.6) is 5.75 Å². The molecule has 0 spiro atoms. The van der Waals surface area contributed by atoms with Gasteiger partial charge in [0.25, 0.3) is 5.56 Å². The highest BCUT2D eigenvalue weighted by Gasteiger charge is 2.33. The molecule has 2 aromatic heterocycles. The zero-order chi connectivity index (χ0) is 23.0. The zero-order valence-electron chi connectivity index (χ0n) is 18.6. The van der Waals surface area contributed by atoms with E-state index in [9.17, 15) is 9.59 Å². The summed E-state index contributed by atoms with van der Waals surface area (Å²) in [7, 11) is 2.91. The second kappa shape index (κ2) is 8.58. The van der Waals surface area contributed by atoms with Crippen LogP contribution in [0.25, 0.3) is 6.08 Å². The van der Waals surface area contributed by atoms with E-state index >= 15 is 0 Å². The number of hydrogen-bond acceptors (Lipinski definition) is 7. The van der Waals surface area contributed by atoms with E-state index in [0.29, 0.717) is 26.4 Å². The molecule has 1 aliphatic rings. The first-order valence-corrected chi connectivity index (χ1v) is 11.0. The summed E-state index contributed by atoms with van der Waals surface area (Å²) in [5.41, 5.74) is 3.14. The van der Waals surface area contributed by atoms with E-state index in [0.717, 1.165) is 23.4 Å². The minimum atomic E-state index is -0.647. The number of allylic oxidation sites excluding steroid dienone is 1. The average Bonchev–Trinajstić information content (AvgIpc) is 3.31. The molecule has 0 radical (unpaired) electrons. The molecule has 8 nitrogen and oxygen atoms in total. The minimum Gasteiger partial charge on any atom is -0.497 e. The molecule has 166 valence electrons. The lowest BCUT2D eigenvalue weighted by atomic mass is 9.96. The largest absolute Gasteiger partial charge is 0.497 e. The zero-order valence-corrected chi connectivity index (χ0v) is 19.4. The summed E-state index contributed by atoms with van der Waals surface area (Å²) < 4.78 is 14.2. The van der Waals surface area contributed by atoms with Crippen LogP contribution in [0.15, 0.2) is 51.5 Å². The Morgan fingerprint density at radius 1 is 1.22 bits per heavy atom. The third-order valence-electron chi connectivity index (χ3n) is 5.45. The molecular weight excluding hydrogens is 428 g/mol. The number of rotatable bonds is 5. The Bertz CT molecular complexity index is 1390. The number of nitrogens with zero attached hydrogens (tertiary/aromatic N) is 4. The Labute approximate surface area is 188 Å². The van der Waals surface area contributed by atoms with E-state index in [1.807, 2.05) is 42.9 Å². The van der Waals surface area contributed by atoms with Crippen molar-refractivity contribution in [2.75, 3.05) is 14.2 Å². The highest BCUT2D eigenvalue weighted by molar-refractivity contribution is 7.07. The fraction of sp³-hybridized carbons (Fsp3) is 0.304. The summed E-state index contributed by atoms with van der Waals surface area (Å²) in [6, 6.07) is 6.65. The molecule has 0 fully saturated rings. The average molecular weight is 453 g/mol. The van der Waals surface area contributed by atoms with Gasteiger partial charge in [0, 0.05) is 18.3 Å². The quantitative estimate of drug-likeness (QED) is 0.552. The van der Waals surface area contributed by atoms with E-state index in [1.165, 1.54) is 18.4 Å². The van der Waals surface area contributed by atoms with Gasteiger partial charge in [-0.15, -0.1) is 0 Å². The molecule has 32 heavy (non-hydrogen) atoms. The highest BCUT2D eigenvalue weighted by atomic mass is 32.1. The molecule has 0 unspecified atom stereocenters. The van der Waals surface area contributed by atoms with Crippen LogP contribution in [-0.2, 0) is 16.1 Å². The minimum absolute atomic E-state index is 0.216. The Kier molecular flexibility index (Phi) is 5.84. The second-order valence-corrected chi connectivity index (χ2v) is 8.38. The molecule has 0 saturated heterocycles. The maximum atomic E-state index is 13.5. The monoisotopic (exact) mass is 452 g/mol. The molecule has 1 aliphatic heterocycles. The van der Waals surface area contributed by atoms with Crippen LogP contribution in [-0.4, -0.2) is 34.5 Å². The summed E-state index contributed by atoms with van der Waals surface area (Å²) >= 11 is 1.29. The lowest BCUT2D eigenvalue weighted by Crippen LogP contribution is -2.39. The lowest BCUT2D eigenvalue weighted by Gasteiger charge is -2.24. The van der Waals surface area contributed by atoms with Crippen LogP contribution in [0.3, 0.4) is 0 Å². The van der Waals surface area contributed by atoms with Gasteiger partial charge in [0.15, 0.2) is 4.80 Å². The maximum absolute atomic E-state index is 13.5. The standard InChI is InChI=1S/C23H24N4O4S/c1-6-26-12-16(13(2)25-26)11-18-21(28)27-20(15-7-9-17(30-4)10-8-15)19(22(29)31-5)14(3)24-23(27)32-18/h7-12,20H,6H2,1-5H3/b18-11+/t20-/m1/s1. The number of ether oxygens (including phenoxy) is 2. The van der Waals surface area contributed by atoms with Crippen LogP contribution in [0, 0.1) is 6.92 Å². The third-order valence-corrected chi connectivity index (χ3v) is 6.44. The second-order valence-electron chi connectivity index (χ2n) is 7.37. The van der Waals surface area contributed by atoms with Crippen LogP contribution in [0.4, 0.5) is 0 Å². The van der Waals surface area contributed by atoms with Crippen LogP contribution >= 0.6 is 11.3 Å². The van der Waals surface area contributed by atoms with Gasteiger partial charge in [-0.1, -0.05) is 23.5 Å². The van der Waals surface area contributed by atoms with Gasteiger partial charge in [-0.3, -0.25) is 14.0 Å². The number of esters is 1. The van der Waals surface area contributed by atoms with Crippen molar-refractivity contribution in [3.63, 3.8) is 0 Å². The van der Waals surface area contributed by atoms with Crippen LogP contribution in [0.1, 0.15) is 36.7 Å². The molecule has 1 atom stereocenters. The normalized spacial score (nSPS) is 16.0. The summed E-state index contributed by atoms with van der Waals surface area (Å²) in [6.07, 6.45) is 3.75. The number of fused-ring (bicyclic) bond motifs is 1. The Balaban J connectivity index is 1.95. The predicted octanol–water partition coefficient (Wildman–Crippen LogP) is 1.94. The van der Waals surface area contributed by atoms with Gasteiger partial charge in [0.1, 0.15) is 5.75 Å². The van der Waals surface area contributed by atoms with Gasteiger partial charge >= 0.3 is 5.97 Å². The molecule has 0 aliphatic carbocycles. The topological polar surface area (TPSA) is 87.7 Å². The summed E-state index contributed by atoms with van der Waals surface area (Å²) in [4.78, 5) is 31.3. The molecule has 0 bridgehead atoms. The summed E-state index contributed by atoms with van der Waals surface area (Å²) in [5.74, 6) is 0.173. The molecule has 3 heterocycles. The van der Waals surface area contributed by atoms with Crippen molar-refractivity contribution < 1.29 is 14.3 Å². The molecule has 0 N–H and O–H groups in total. The SMILES string of the molecule is CCn1cc(/C=c2/sc3n(c2=O)[C@H](c2ccc(OC)cc2)C(C(=O)OC)=C(C)N=3)c(C)n1. The van der Waals surface area contributed by atoms with Gasteiger partial charge < -0.3 is 9.47 Å². The fourth-order valence-electron chi connectivity index (χ4n) is 3.77. The first-order chi connectivity index (χ1) is 15.4. The molecule has 4 rings (SSSR count). The maximum Gasteiger partial charge on any atom is 0.338 e. The van der Waals surface area contributed by atoms with Crippen molar-refractivity contribution in [3.8, 4) is 5.75 Å². The van der Waals surface area contributed by atoms with E-state index < -0.39 is 12.0 Å². The van der Waals surface area contributed by atoms with E-state index in [-0.39, 0.29) is 5.56 Å². The van der Waals surface area contributed by atoms with Crippen molar-refractivity contribution in [3.05, 3.63) is 78.2 Å². The number of methoxy groups -OCH3 is 2. The number of aryl methyl sites for hydroxylation is 2. The van der Waals surface area contributed by atoms with Gasteiger partial charge in [-0.25, -0.2) is 9.79 Å². The summed E-state index contributed by atoms with van der Waals surface area (Å²) in [5, 5.41) is 4.45. The Morgan fingerprint density at radius 2 is 1.94 bits per heavy atom. The van der Waals surface area contributed by atoms with Crippen molar-refractivity contribution in [2.45, 2.75) is 33.4 Å². The molecule has 0 saturated carbocycles. The number of benzene rings is 1. The van der Waals surface area contributed by atoms with Gasteiger partial charge in [0.2, 0.25) is 0 Å². The molecule has 3 aromatic rings. The number of aromatic nitrogens is 3. The molecule has 1 aromatic carbocycles. The van der Waals surface area contributed by atoms with Gasteiger partial charge in [-0.2, -0.15) is 5.10 Å². The van der Waals surface area contributed by atoms with Gasteiger partial charge in [0.05, 0.1) is 41.8 Å². The van der Waals surface area contributed by atoms with Crippen molar-refractivity contribution >= 4 is 23.4 Å². The number of hydrogen-bond donors (Lipinski definition) is 0. The Hall–Kier alpha value is -3.46. The van der Waals surface area contributed by atoms with Crippen LogP contribution < -0.4 is 19.6 Å². The number of carbonyl (C=O) groups excluding carboxylic acids is 1. The molecule has 0 amide bonds. The summed E-state index contributed by atoms with van der Waals surface area (Å²) in [6.45, 7) is 6.43. The van der Waals surface area contributed by atoms with Crippen molar-refractivity contribution in [1.29, 1.82) is 0 Å². The number of carbonyl (C=O) groups is 1. The Morgan fingerprint density at radius 3 is 2.53 bits per heavy atom. The first kappa shape index (κ1) is 21.8. The molecule has 9 heteroatoms. The predicted molar refractivity (Wildman–Crippen MR) is 121 cm³/mol.